The number of ether oxygens (including phenoxy) is 2. The fourth-order valence-electron chi connectivity index (χ4n) is 3.36. The van der Waals surface area contributed by atoms with E-state index in [-0.39, 0.29) is 48.6 Å². The molecule has 1 amide bonds. The van der Waals surface area contributed by atoms with Crippen LogP contribution in [-0.2, 0) is 11.2 Å². The maximum absolute atomic E-state index is 13.3. The first kappa shape index (κ1) is 21.7. The first-order valence-electron chi connectivity index (χ1n) is 9.75. The number of phenols is 1. The van der Waals surface area contributed by atoms with E-state index in [1.54, 1.807) is 49.2 Å². The summed E-state index contributed by atoms with van der Waals surface area (Å²) in [6.45, 7) is 4.49. The van der Waals surface area contributed by atoms with Gasteiger partial charge in [-0.05, 0) is 38.1 Å². The lowest BCUT2D eigenvalue weighted by Gasteiger charge is -2.36. The third kappa shape index (κ3) is 5.14. The van der Waals surface area contributed by atoms with Crippen LogP contribution in [0.5, 0.6) is 11.5 Å². The summed E-state index contributed by atoms with van der Waals surface area (Å²) in [4.78, 5) is 30.5. The number of morpholine rings is 1. The van der Waals surface area contributed by atoms with Crippen LogP contribution < -0.4 is 4.74 Å². The second-order valence-electron chi connectivity index (χ2n) is 7.83. The van der Waals surface area contributed by atoms with Crippen molar-refractivity contribution in [2.45, 2.75) is 31.9 Å². The molecule has 160 valence electrons. The summed E-state index contributed by atoms with van der Waals surface area (Å²) in [5, 5.41) is 20.0. The molecule has 0 saturated carbocycles. The normalized spacial score (nSPS) is 16.9. The van der Waals surface area contributed by atoms with Crippen LogP contribution in [0.25, 0.3) is 0 Å². The quantitative estimate of drug-likeness (QED) is 0.665. The maximum atomic E-state index is 13.3. The predicted molar refractivity (Wildman–Crippen MR) is 109 cm³/mol. The van der Waals surface area contributed by atoms with Gasteiger partial charge in [-0.1, -0.05) is 6.07 Å². The summed E-state index contributed by atoms with van der Waals surface area (Å²) < 4.78 is 11.3. The Labute approximate surface area is 175 Å². The van der Waals surface area contributed by atoms with E-state index in [1.807, 2.05) is 0 Å². The smallest absolute Gasteiger partial charge is 0.256 e. The van der Waals surface area contributed by atoms with Crippen LogP contribution in [0.15, 0.2) is 36.5 Å². The van der Waals surface area contributed by atoms with Crippen molar-refractivity contribution in [1.29, 1.82) is 0 Å². The third-order valence-electron chi connectivity index (χ3n) is 4.80. The highest BCUT2D eigenvalue weighted by Crippen LogP contribution is 2.26. The molecule has 0 bridgehead atoms. The van der Waals surface area contributed by atoms with Crippen LogP contribution in [0.2, 0.25) is 0 Å². The van der Waals surface area contributed by atoms with Gasteiger partial charge in [0, 0.05) is 19.2 Å². The summed E-state index contributed by atoms with van der Waals surface area (Å²) in [5.74, 6) is -0.139. The molecular weight excluding hydrogens is 388 g/mol. The van der Waals surface area contributed by atoms with E-state index in [2.05, 4.69) is 4.98 Å². The maximum Gasteiger partial charge on any atom is 0.256 e. The largest absolute Gasteiger partial charge is 0.507 e. The van der Waals surface area contributed by atoms with Gasteiger partial charge in [-0.3, -0.25) is 14.6 Å². The zero-order valence-electron chi connectivity index (χ0n) is 17.1. The number of aromatic hydroxyl groups is 1. The molecule has 8 heteroatoms. The number of hydrogen-bond acceptors (Lipinski definition) is 7. The number of pyridine rings is 1. The molecule has 1 saturated heterocycles. The number of benzene rings is 1. The molecule has 3 rings (SSSR count). The molecule has 1 fully saturated rings. The average molecular weight is 414 g/mol. The molecule has 1 aromatic heterocycles. The first-order valence-corrected chi connectivity index (χ1v) is 9.75. The number of aldehydes is 1. The molecule has 0 radical (unpaired) electrons. The molecule has 0 aliphatic carbocycles. The standard InChI is InChI=1S/C22H26N2O6/c1-22(2,28)11-18-16(5-4-8-23-18)21(27)24-9-10-29-13-15(24)14-30-20-7-3-6-19(26)17(20)12-25/h3-8,12,15,26,28H,9-11,13-14H2,1-2H3/t15-/m0/s1. The molecule has 0 unspecified atom stereocenters. The van der Waals surface area contributed by atoms with Crippen molar-refractivity contribution < 1.29 is 29.3 Å². The average Bonchev–Trinajstić information content (AvgIpc) is 2.71. The van der Waals surface area contributed by atoms with Crippen molar-refractivity contribution in [3.8, 4) is 11.5 Å². The zero-order valence-corrected chi connectivity index (χ0v) is 17.1. The monoisotopic (exact) mass is 414 g/mol. The van der Waals surface area contributed by atoms with Crippen molar-refractivity contribution in [1.82, 2.24) is 9.88 Å². The number of phenolic OH excluding ortho intramolecular Hbond substituents is 1. The molecule has 1 aliphatic rings. The van der Waals surface area contributed by atoms with Gasteiger partial charge in [0.2, 0.25) is 0 Å². The second-order valence-corrected chi connectivity index (χ2v) is 7.83. The number of amides is 1. The SMILES string of the molecule is CC(C)(O)Cc1ncccc1C(=O)N1CCOC[C@H]1COc1cccc(O)c1C=O. The van der Waals surface area contributed by atoms with Crippen LogP contribution in [0.3, 0.4) is 0 Å². The van der Waals surface area contributed by atoms with Crippen LogP contribution in [0.1, 0.15) is 40.3 Å². The minimum atomic E-state index is -1.00. The van der Waals surface area contributed by atoms with Gasteiger partial charge in [-0.2, -0.15) is 0 Å². The van der Waals surface area contributed by atoms with Gasteiger partial charge in [0.05, 0.1) is 41.7 Å². The van der Waals surface area contributed by atoms with E-state index in [4.69, 9.17) is 9.47 Å². The summed E-state index contributed by atoms with van der Waals surface area (Å²) in [6, 6.07) is 7.57. The number of nitrogens with zero attached hydrogens (tertiary/aromatic N) is 2. The second kappa shape index (κ2) is 9.23. The Bertz CT molecular complexity index is 909. The number of rotatable bonds is 7. The van der Waals surface area contributed by atoms with Crippen molar-refractivity contribution >= 4 is 12.2 Å². The molecule has 0 spiro atoms. The summed E-state index contributed by atoms with van der Waals surface area (Å²) >= 11 is 0. The predicted octanol–water partition coefficient (Wildman–Crippen LogP) is 1.83. The molecule has 2 aromatic rings. The molecule has 8 nitrogen and oxygen atoms in total. The van der Waals surface area contributed by atoms with E-state index in [0.717, 1.165) is 0 Å². The fourth-order valence-corrected chi connectivity index (χ4v) is 3.36. The van der Waals surface area contributed by atoms with Gasteiger partial charge in [0.15, 0.2) is 6.29 Å². The van der Waals surface area contributed by atoms with Crippen LogP contribution >= 0.6 is 0 Å². The van der Waals surface area contributed by atoms with Crippen LogP contribution in [-0.4, -0.2) is 70.3 Å². The Morgan fingerprint density at radius 1 is 1.37 bits per heavy atom. The third-order valence-corrected chi connectivity index (χ3v) is 4.80. The molecule has 30 heavy (non-hydrogen) atoms. The topological polar surface area (TPSA) is 109 Å². The Morgan fingerprint density at radius 2 is 2.17 bits per heavy atom. The summed E-state index contributed by atoms with van der Waals surface area (Å²) in [5.41, 5.74) is 0.0129. The Kier molecular flexibility index (Phi) is 6.69. The number of carbonyl (C=O) groups excluding carboxylic acids is 2. The van der Waals surface area contributed by atoms with E-state index >= 15 is 0 Å². The van der Waals surface area contributed by atoms with Crippen LogP contribution in [0.4, 0.5) is 0 Å². The van der Waals surface area contributed by atoms with E-state index in [9.17, 15) is 19.8 Å². The minimum absolute atomic E-state index is 0.0619. The van der Waals surface area contributed by atoms with E-state index in [1.165, 1.54) is 6.07 Å². The minimum Gasteiger partial charge on any atom is -0.507 e. The van der Waals surface area contributed by atoms with Gasteiger partial charge in [-0.15, -0.1) is 0 Å². The van der Waals surface area contributed by atoms with Gasteiger partial charge < -0.3 is 24.6 Å². The van der Waals surface area contributed by atoms with Crippen molar-refractivity contribution in [3.05, 3.63) is 53.3 Å². The lowest BCUT2D eigenvalue weighted by molar-refractivity contribution is -0.0152. The molecule has 1 atom stereocenters. The van der Waals surface area contributed by atoms with Gasteiger partial charge in [-0.25, -0.2) is 0 Å². The van der Waals surface area contributed by atoms with Gasteiger partial charge >= 0.3 is 0 Å². The van der Waals surface area contributed by atoms with Gasteiger partial charge in [0.25, 0.3) is 5.91 Å². The van der Waals surface area contributed by atoms with E-state index < -0.39 is 5.60 Å². The number of carbonyl (C=O) groups is 2. The van der Waals surface area contributed by atoms with Crippen LogP contribution in [0, 0.1) is 0 Å². The zero-order chi connectivity index (χ0) is 21.7. The molecule has 2 heterocycles. The fraction of sp³-hybridized carbons (Fsp3) is 0.409. The molecule has 1 aliphatic heterocycles. The van der Waals surface area contributed by atoms with Crippen molar-refractivity contribution in [2.24, 2.45) is 0 Å². The molecule has 1 aromatic carbocycles. The van der Waals surface area contributed by atoms with Gasteiger partial charge in [0.1, 0.15) is 18.1 Å². The summed E-state index contributed by atoms with van der Waals surface area (Å²) in [6.07, 6.45) is 2.37. The lowest BCUT2D eigenvalue weighted by Crippen LogP contribution is -2.51. The Morgan fingerprint density at radius 3 is 2.90 bits per heavy atom. The van der Waals surface area contributed by atoms with Crippen molar-refractivity contribution in [3.63, 3.8) is 0 Å². The highest BCUT2D eigenvalue weighted by molar-refractivity contribution is 5.95. The summed E-state index contributed by atoms with van der Waals surface area (Å²) in [7, 11) is 0. The Hall–Kier alpha value is -2.97. The van der Waals surface area contributed by atoms with Crippen molar-refractivity contribution in [2.75, 3.05) is 26.4 Å². The number of hydrogen-bond donors (Lipinski definition) is 2. The number of aliphatic hydroxyl groups is 1. The highest BCUT2D eigenvalue weighted by Gasteiger charge is 2.31. The number of aromatic nitrogens is 1. The first-order chi connectivity index (χ1) is 14.3. The highest BCUT2D eigenvalue weighted by atomic mass is 16.5. The van der Waals surface area contributed by atoms with E-state index in [0.29, 0.717) is 30.7 Å². The molecular formula is C22H26N2O6. The Balaban J connectivity index is 1.79. The molecule has 2 N–H and O–H groups in total. The lowest BCUT2D eigenvalue weighted by atomic mass is 9.98.